The summed E-state index contributed by atoms with van der Waals surface area (Å²) in [6.45, 7) is -0.271. The summed E-state index contributed by atoms with van der Waals surface area (Å²) < 4.78 is 1.81. The van der Waals surface area contributed by atoms with E-state index in [4.69, 9.17) is 5.73 Å². The number of nitrogens with one attached hydrogen (secondary N) is 2. The van der Waals surface area contributed by atoms with Gasteiger partial charge in [0.05, 0.1) is 19.1 Å². The first-order chi connectivity index (χ1) is 11.2. The molecule has 1 heterocycles. The van der Waals surface area contributed by atoms with Gasteiger partial charge in [0.1, 0.15) is 0 Å². The van der Waals surface area contributed by atoms with Gasteiger partial charge in [0, 0.05) is 11.3 Å². The van der Waals surface area contributed by atoms with Crippen molar-refractivity contribution in [1.82, 2.24) is 25.5 Å². The van der Waals surface area contributed by atoms with Crippen molar-refractivity contribution >= 4 is 17.5 Å². The Hall–Kier alpha value is -2.81. The molecule has 1 aromatic carbocycles. The minimum absolute atomic E-state index is 0.125. The van der Waals surface area contributed by atoms with Crippen molar-refractivity contribution in [2.75, 3.05) is 18.4 Å². The maximum atomic E-state index is 11.8. The third kappa shape index (κ3) is 3.69. The highest BCUT2D eigenvalue weighted by Gasteiger charge is 2.28. The van der Waals surface area contributed by atoms with E-state index in [0.29, 0.717) is 17.6 Å². The second-order valence-corrected chi connectivity index (χ2v) is 5.29. The van der Waals surface area contributed by atoms with Gasteiger partial charge in [-0.25, -0.2) is 4.68 Å². The van der Waals surface area contributed by atoms with E-state index in [1.54, 1.807) is 12.1 Å². The average Bonchev–Trinajstić information content (AvgIpc) is 3.29. The zero-order valence-corrected chi connectivity index (χ0v) is 12.4. The van der Waals surface area contributed by atoms with E-state index in [2.05, 4.69) is 26.2 Å². The molecule has 0 bridgehead atoms. The fourth-order valence-electron chi connectivity index (χ4n) is 2.14. The Morgan fingerprint density at radius 1 is 1.30 bits per heavy atom. The number of carbonyl (C=O) groups excluding carboxylic acids is 2. The third-order valence-corrected chi connectivity index (χ3v) is 3.42. The van der Waals surface area contributed by atoms with Crippen molar-refractivity contribution < 1.29 is 9.59 Å². The number of nitrogens with two attached hydrogens (primary N) is 1. The van der Waals surface area contributed by atoms with Gasteiger partial charge in [-0.2, -0.15) is 0 Å². The van der Waals surface area contributed by atoms with Crippen molar-refractivity contribution in [3.8, 4) is 11.4 Å². The lowest BCUT2D eigenvalue weighted by Gasteiger charge is -2.08. The Labute approximate surface area is 132 Å². The topological polar surface area (TPSA) is 128 Å². The van der Waals surface area contributed by atoms with Gasteiger partial charge >= 0.3 is 0 Å². The number of anilines is 1. The van der Waals surface area contributed by atoms with Crippen molar-refractivity contribution in [3.63, 3.8) is 0 Å². The lowest BCUT2D eigenvalue weighted by atomic mass is 10.2. The van der Waals surface area contributed by atoms with Crippen LogP contribution in [0.25, 0.3) is 11.4 Å². The number of amides is 2. The van der Waals surface area contributed by atoms with Crippen LogP contribution in [0.15, 0.2) is 24.3 Å². The number of nitrogens with zero attached hydrogens (tertiary/aromatic N) is 4. The molecule has 0 unspecified atom stereocenters. The molecule has 23 heavy (non-hydrogen) atoms. The molecule has 1 fully saturated rings. The Morgan fingerprint density at radius 2 is 2.13 bits per heavy atom. The molecule has 9 nitrogen and oxygen atoms in total. The molecule has 0 radical (unpaired) electrons. The van der Waals surface area contributed by atoms with Crippen LogP contribution in [-0.4, -0.2) is 45.1 Å². The Morgan fingerprint density at radius 3 is 2.87 bits per heavy atom. The monoisotopic (exact) mass is 315 g/mol. The number of carbonyl (C=O) groups is 2. The summed E-state index contributed by atoms with van der Waals surface area (Å²) in [5.74, 6) is -0.0247. The molecule has 0 spiro atoms. The highest BCUT2D eigenvalue weighted by atomic mass is 16.2. The smallest absolute Gasteiger partial charge is 0.243 e. The van der Waals surface area contributed by atoms with Crippen LogP contribution in [0.5, 0.6) is 0 Å². The minimum atomic E-state index is -0.377. The van der Waals surface area contributed by atoms with Crippen LogP contribution in [0, 0.1) is 0 Å². The summed E-state index contributed by atoms with van der Waals surface area (Å²) in [7, 11) is 0. The number of aromatic nitrogens is 4. The van der Waals surface area contributed by atoms with E-state index in [9.17, 15) is 9.59 Å². The third-order valence-electron chi connectivity index (χ3n) is 3.42. The minimum Gasteiger partial charge on any atom is -0.346 e. The van der Waals surface area contributed by atoms with Crippen LogP contribution in [0.4, 0.5) is 5.69 Å². The zero-order chi connectivity index (χ0) is 16.2. The van der Waals surface area contributed by atoms with Crippen LogP contribution in [-0.2, 0) is 9.59 Å². The Balaban J connectivity index is 1.69. The summed E-state index contributed by atoms with van der Waals surface area (Å²) in [4.78, 5) is 22.8. The lowest BCUT2D eigenvalue weighted by molar-refractivity contribution is -0.123. The van der Waals surface area contributed by atoms with E-state index < -0.39 is 0 Å². The summed E-state index contributed by atoms with van der Waals surface area (Å²) in [6.07, 6.45) is 2.16. The van der Waals surface area contributed by atoms with Gasteiger partial charge in [-0.3, -0.25) is 9.59 Å². The number of hydrogen-bond acceptors (Lipinski definition) is 6. The van der Waals surface area contributed by atoms with E-state index in [-0.39, 0.29) is 24.9 Å². The molecule has 2 aromatic rings. The van der Waals surface area contributed by atoms with Crippen molar-refractivity contribution in [3.05, 3.63) is 24.3 Å². The first-order valence-corrected chi connectivity index (χ1v) is 7.32. The summed E-state index contributed by atoms with van der Waals surface area (Å²) >= 11 is 0. The van der Waals surface area contributed by atoms with Gasteiger partial charge in [-0.15, -0.1) is 5.10 Å². The lowest BCUT2D eigenvalue weighted by Crippen LogP contribution is -2.36. The number of hydrogen-bond donors (Lipinski definition) is 3. The van der Waals surface area contributed by atoms with E-state index in [1.807, 2.05) is 16.8 Å². The molecule has 120 valence electrons. The maximum absolute atomic E-state index is 11.8. The van der Waals surface area contributed by atoms with Crippen LogP contribution in [0.3, 0.4) is 0 Å². The van der Waals surface area contributed by atoms with Crippen LogP contribution in [0.2, 0.25) is 0 Å². The Kier molecular flexibility index (Phi) is 4.29. The molecule has 1 aliphatic rings. The van der Waals surface area contributed by atoms with Gasteiger partial charge in [0.15, 0.2) is 5.82 Å². The Bertz CT molecular complexity index is 723. The summed E-state index contributed by atoms with van der Waals surface area (Å²) in [5.41, 5.74) is 6.60. The zero-order valence-electron chi connectivity index (χ0n) is 12.4. The maximum Gasteiger partial charge on any atom is 0.243 e. The van der Waals surface area contributed by atoms with Crippen molar-refractivity contribution in [2.24, 2.45) is 5.73 Å². The normalized spacial score (nSPS) is 13.6. The predicted octanol–water partition coefficient (Wildman–Crippen LogP) is -0.312. The quantitative estimate of drug-likeness (QED) is 0.671. The van der Waals surface area contributed by atoms with Gasteiger partial charge < -0.3 is 16.4 Å². The molecule has 4 N–H and O–H groups in total. The molecule has 3 rings (SSSR count). The summed E-state index contributed by atoms with van der Waals surface area (Å²) in [6, 6.07) is 7.63. The van der Waals surface area contributed by atoms with Crippen LogP contribution in [0.1, 0.15) is 18.9 Å². The molecule has 2 amide bonds. The van der Waals surface area contributed by atoms with Gasteiger partial charge in [0.25, 0.3) is 0 Å². The fraction of sp³-hybridized carbons (Fsp3) is 0.357. The SMILES string of the molecule is NCC(=O)NCC(=O)Nc1cccc(-c2nnnn2C2CC2)c1. The van der Waals surface area contributed by atoms with E-state index in [1.165, 1.54) is 0 Å². The number of rotatable bonds is 6. The first kappa shape index (κ1) is 15.1. The molecule has 1 aliphatic carbocycles. The van der Waals surface area contributed by atoms with Crippen LogP contribution >= 0.6 is 0 Å². The molecule has 1 saturated carbocycles. The van der Waals surface area contributed by atoms with Crippen molar-refractivity contribution in [1.29, 1.82) is 0 Å². The highest BCUT2D eigenvalue weighted by Crippen LogP contribution is 2.36. The second kappa shape index (κ2) is 6.53. The molecule has 9 heteroatoms. The van der Waals surface area contributed by atoms with Gasteiger partial charge in [0.2, 0.25) is 11.8 Å². The summed E-state index contributed by atoms with van der Waals surface area (Å²) in [5, 5.41) is 16.9. The first-order valence-electron chi connectivity index (χ1n) is 7.32. The molecule has 0 aliphatic heterocycles. The van der Waals surface area contributed by atoms with Crippen LogP contribution < -0.4 is 16.4 Å². The average molecular weight is 315 g/mol. The predicted molar refractivity (Wildman–Crippen MR) is 82.2 cm³/mol. The van der Waals surface area contributed by atoms with E-state index in [0.717, 1.165) is 18.4 Å². The van der Waals surface area contributed by atoms with Gasteiger partial charge in [-0.1, -0.05) is 12.1 Å². The van der Waals surface area contributed by atoms with Gasteiger partial charge in [-0.05, 0) is 35.4 Å². The number of benzene rings is 1. The molecule has 1 aromatic heterocycles. The second-order valence-electron chi connectivity index (χ2n) is 5.29. The highest BCUT2D eigenvalue weighted by molar-refractivity contribution is 5.95. The molecule has 0 saturated heterocycles. The van der Waals surface area contributed by atoms with Crippen molar-refractivity contribution in [2.45, 2.75) is 18.9 Å². The molecular weight excluding hydrogens is 298 g/mol. The largest absolute Gasteiger partial charge is 0.346 e. The standard InChI is InChI=1S/C14H17N7O2/c15-7-12(22)16-8-13(23)17-10-3-1-2-9(6-10)14-18-19-20-21(14)11-4-5-11/h1-3,6,11H,4-5,7-8,15H2,(H,16,22)(H,17,23). The fourth-order valence-corrected chi connectivity index (χ4v) is 2.14. The molecular formula is C14H17N7O2. The molecule has 0 atom stereocenters. The number of tetrazole rings is 1. The van der Waals surface area contributed by atoms with E-state index >= 15 is 0 Å².